The first-order valence-corrected chi connectivity index (χ1v) is 7.10. The smallest absolute Gasteiger partial charge is 0.119 e. The van der Waals surface area contributed by atoms with E-state index in [2.05, 4.69) is 28.5 Å². The van der Waals surface area contributed by atoms with E-state index in [1.165, 1.54) is 5.56 Å². The average molecular weight is 286 g/mol. The van der Waals surface area contributed by atoms with Crippen molar-refractivity contribution in [3.63, 3.8) is 0 Å². The van der Waals surface area contributed by atoms with Gasteiger partial charge in [-0.05, 0) is 36.2 Å². The quantitative estimate of drug-likeness (QED) is 0.758. The molecule has 0 atom stereocenters. The number of nitrogens with zero attached hydrogens (tertiary/aromatic N) is 1. The Balaban J connectivity index is 1.79. The van der Waals surface area contributed by atoms with Gasteiger partial charge in [-0.1, -0.05) is 12.1 Å². The standard InChI is InChI=1S/C17H22N2O2/c1-14-9-16(12-19-10-14)13-21-17-5-3-15(4-6-17)11-18-7-8-20-2/h3-6,9-10,12,18H,7-8,11,13H2,1-2H3. The molecule has 0 saturated carbocycles. The number of aryl methyl sites for hydroxylation is 1. The summed E-state index contributed by atoms with van der Waals surface area (Å²) >= 11 is 0. The summed E-state index contributed by atoms with van der Waals surface area (Å²) in [6, 6.07) is 10.2. The summed E-state index contributed by atoms with van der Waals surface area (Å²) < 4.78 is 10.8. The largest absolute Gasteiger partial charge is 0.489 e. The SMILES string of the molecule is COCCNCc1ccc(OCc2cncc(C)c2)cc1. The molecule has 0 fully saturated rings. The minimum atomic E-state index is 0.542. The molecule has 21 heavy (non-hydrogen) atoms. The Labute approximate surface area is 126 Å². The van der Waals surface area contributed by atoms with Gasteiger partial charge in [-0.3, -0.25) is 4.98 Å². The van der Waals surface area contributed by atoms with Crippen LogP contribution in [0, 0.1) is 6.92 Å². The van der Waals surface area contributed by atoms with Crippen LogP contribution >= 0.6 is 0 Å². The van der Waals surface area contributed by atoms with Gasteiger partial charge in [0.1, 0.15) is 12.4 Å². The van der Waals surface area contributed by atoms with Crippen LogP contribution in [-0.4, -0.2) is 25.2 Å². The highest BCUT2D eigenvalue weighted by molar-refractivity contribution is 5.27. The molecule has 0 aliphatic heterocycles. The molecule has 2 aromatic rings. The fourth-order valence-electron chi connectivity index (χ4n) is 1.97. The van der Waals surface area contributed by atoms with Crippen molar-refractivity contribution in [3.8, 4) is 5.75 Å². The van der Waals surface area contributed by atoms with E-state index >= 15 is 0 Å². The molecule has 4 nitrogen and oxygen atoms in total. The van der Waals surface area contributed by atoms with Crippen molar-refractivity contribution < 1.29 is 9.47 Å². The minimum Gasteiger partial charge on any atom is -0.489 e. The molecule has 0 bridgehead atoms. The number of rotatable bonds is 8. The maximum Gasteiger partial charge on any atom is 0.119 e. The maximum atomic E-state index is 5.76. The third-order valence-electron chi connectivity index (χ3n) is 3.07. The fourth-order valence-corrected chi connectivity index (χ4v) is 1.97. The molecular weight excluding hydrogens is 264 g/mol. The van der Waals surface area contributed by atoms with E-state index in [-0.39, 0.29) is 0 Å². The molecule has 1 aromatic carbocycles. The molecule has 1 aromatic heterocycles. The summed E-state index contributed by atoms with van der Waals surface area (Å²) in [5.41, 5.74) is 3.46. The lowest BCUT2D eigenvalue weighted by molar-refractivity contribution is 0.199. The van der Waals surface area contributed by atoms with Gasteiger partial charge >= 0.3 is 0 Å². The van der Waals surface area contributed by atoms with E-state index in [1.807, 2.05) is 31.5 Å². The number of benzene rings is 1. The topological polar surface area (TPSA) is 43.4 Å². The lowest BCUT2D eigenvalue weighted by Gasteiger charge is -2.08. The molecule has 0 amide bonds. The van der Waals surface area contributed by atoms with E-state index in [0.29, 0.717) is 6.61 Å². The number of aromatic nitrogens is 1. The second-order valence-electron chi connectivity index (χ2n) is 4.97. The van der Waals surface area contributed by atoms with Crippen LogP contribution in [0.2, 0.25) is 0 Å². The average Bonchev–Trinajstić information content (AvgIpc) is 2.51. The number of hydrogen-bond acceptors (Lipinski definition) is 4. The van der Waals surface area contributed by atoms with Crippen molar-refractivity contribution in [3.05, 3.63) is 59.4 Å². The zero-order valence-electron chi connectivity index (χ0n) is 12.6. The van der Waals surface area contributed by atoms with Crippen molar-refractivity contribution in [1.29, 1.82) is 0 Å². The van der Waals surface area contributed by atoms with Crippen LogP contribution in [0.3, 0.4) is 0 Å². The second kappa shape index (κ2) is 8.39. The molecule has 1 heterocycles. The monoisotopic (exact) mass is 286 g/mol. The summed E-state index contributed by atoms with van der Waals surface area (Å²) in [4.78, 5) is 4.16. The van der Waals surface area contributed by atoms with Gasteiger partial charge in [0.25, 0.3) is 0 Å². The number of pyridine rings is 1. The summed E-state index contributed by atoms with van der Waals surface area (Å²) in [5, 5.41) is 3.31. The molecule has 0 aliphatic rings. The summed E-state index contributed by atoms with van der Waals surface area (Å²) in [7, 11) is 1.71. The molecule has 0 unspecified atom stereocenters. The number of hydrogen-bond donors (Lipinski definition) is 1. The van der Waals surface area contributed by atoms with E-state index in [1.54, 1.807) is 7.11 Å². The Morgan fingerprint density at radius 2 is 1.90 bits per heavy atom. The van der Waals surface area contributed by atoms with Crippen LogP contribution in [0.1, 0.15) is 16.7 Å². The van der Waals surface area contributed by atoms with Crippen molar-refractivity contribution in [2.75, 3.05) is 20.3 Å². The molecule has 0 aliphatic carbocycles. The third kappa shape index (κ3) is 5.53. The first kappa shape index (κ1) is 15.5. The Morgan fingerprint density at radius 1 is 1.10 bits per heavy atom. The number of nitrogens with one attached hydrogen (secondary N) is 1. The first-order chi connectivity index (χ1) is 10.3. The Kier molecular flexibility index (Phi) is 6.19. The molecule has 0 spiro atoms. The fraction of sp³-hybridized carbons (Fsp3) is 0.353. The van der Waals surface area contributed by atoms with Gasteiger partial charge < -0.3 is 14.8 Å². The normalized spacial score (nSPS) is 10.6. The Bertz CT molecular complexity index is 541. The van der Waals surface area contributed by atoms with E-state index in [4.69, 9.17) is 9.47 Å². The highest BCUT2D eigenvalue weighted by atomic mass is 16.5. The maximum absolute atomic E-state index is 5.76. The summed E-state index contributed by atoms with van der Waals surface area (Å²) in [6.45, 7) is 4.99. The molecule has 1 N–H and O–H groups in total. The summed E-state index contributed by atoms with van der Waals surface area (Å²) in [6.07, 6.45) is 3.68. The van der Waals surface area contributed by atoms with Gasteiger partial charge in [0, 0.05) is 38.2 Å². The van der Waals surface area contributed by atoms with Gasteiger partial charge in [-0.2, -0.15) is 0 Å². The van der Waals surface area contributed by atoms with Crippen LogP contribution in [0.15, 0.2) is 42.7 Å². The van der Waals surface area contributed by atoms with Crippen LogP contribution in [0.25, 0.3) is 0 Å². The first-order valence-electron chi connectivity index (χ1n) is 7.10. The van der Waals surface area contributed by atoms with Crippen molar-refractivity contribution >= 4 is 0 Å². The van der Waals surface area contributed by atoms with E-state index < -0.39 is 0 Å². The minimum absolute atomic E-state index is 0.542. The van der Waals surface area contributed by atoms with Gasteiger partial charge in [-0.25, -0.2) is 0 Å². The zero-order valence-corrected chi connectivity index (χ0v) is 12.6. The van der Waals surface area contributed by atoms with Crippen molar-refractivity contribution in [1.82, 2.24) is 10.3 Å². The van der Waals surface area contributed by atoms with Crippen LogP contribution in [0.4, 0.5) is 0 Å². The second-order valence-corrected chi connectivity index (χ2v) is 4.97. The predicted octanol–water partition coefficient (Wildman–Crippen LogP) is 2.71. The van der Waals surface area contributed by atoms with Crippen LogP contribution < -0.4 is 10.1 Å². The molecule has 0 radical (unpaired) electrons. The molecule has 0 saturated heterocycles. The predicted molar refractivity (Wildman–Crippen MR) is 83.3 cm³/mol. The lowest BCUT2D eigenvalue weighted by atomic mass is 10.2. The van der Waals surface area contributed by atoms with Gasteiger partial charge in [0.05, 0.1) is 6.61 Å². The zero-order chi connectivity index (χ0) is 14.9. The number of methoxy groups -OCH3 is 1. The molecule has 4 heteroatoms. The van der Waals surface area contributed by atoms with Gasteiger partial charge in [0.2, 0.25) is 0 Å². The molecular formula is C17H22N2O2. The van der Waals surface area contributed by atoms with E-state index in [9.17, 15) is 0 Å². The van der Waals surface area contributed by atoms with Crippen molar-refractivity contribution in [2.45, 2.75) is 20.1 Å². The summed E-state index contributed by atoms with van der Waals surface area (Å²) in [5.74, 6) is 0.872. The number of ether oxygens (including phenoxy) is 2. The molecule has 2 rings (SSSR count). The van der Waals surface area contributed by atoms with Crippen LogP contribution in [-0.2, 0) is 17.9 Å². The van der Waals surface area contributed by atoms with Crippen molar-refractivity contribution in [2.24, 2.45) is 0 Å². The highest BCUT2D eigenvalue weighted by Crippen LogP contribution is 2.14. The van der Waals surface area contributed by atoms with Gasteiger partial charge in [-0.15, -0.1) is 0 Å². The molecule has 112 valence electrons. The Morgan fingerprint density at radius 3 is 2.62 bits per heavy atom. The Hall–Kier alpha value is -1.91. The van der Waals surface area contributed by atoms with Crippen LogP contribution in [0.5, 0.6) is 5.75 Å². The van der Waals surface area contributed by atoms with Gasteiger partial charge in [0.15, 0.2) is 0 Å². The third-order valence-corrected chi connectivity index (χ3v) is 3.07. The lowest BCUT2D eigenvalue weighted by Crippen LogP contribution is -2.18. The van der Waals surface area contributed by atoms with E-state index in [0.717, 1.165) is 36.6 Å². The highest BCUT2D eigenvalue weighted by Gasteiger charge is 1.98.